The van der Waals surface area contributed by atoms with E-state index in [0.29, 0.717) is 13.1 Å². The van der Waals surface area contributed by atoms with E-state index in [4.69, 9.17) is 0 Å². The third-order valence-electron chi connectivity index (χ3n) is 6.27. The molecule has 168 valence electrons. The second kappa shape index (κ2) is 9.38. The van der Waals surface area contributed by atoms with Crippen molar-refractivity contribution >= 4 is 17.7 Å². The van der Waals surface area contributed by atoms with Gasteiger partial charge in [-0.05, 0) is 80.8 Å². The van der Waals surface area contributed by atoms with Crippen LogP contribution in [-0.4, -0.2) is 41.6 Å². The van der Waals surface area contributed by atoms with Crippen molar-refractivity contribution in [3.8, 4) is 11.8 Å². The predicted octanol–water partition coefficient (Wildman–Crippen LogP) is 4.97. The van der Waals surface area contributed by atoms with E-state index >= 15 is 0 Å². The summed E-state index contributed by atoms with van der Waals surface area (Å²) < 4.78 is 2.18. The summed E-state index contributed by atoms with van der Waals surface area (Å²) in [6.07, 6.45) is 1.74. The zero-order valence-corrected chi connectivity index (χ0v) is 19.8. The molecule has 1 aliphatic rings. The second-order valence-electron chi connectivity index (χ2n) is 8.79. The first-order valence-electron chi connectivity index (χ1n) is 11.4. The zero-order chi connectivity index (χ0) is 23.5. The van der Waals surface area contributed by atoms with E-state index < -0.39 is 0 Å². The summed E-state index contributed by atoms with van der Waals surface area (Å²) in [6.45, 7) is 11.0. The van der Waals surface area contributed by atoms with Crippen molar-refractivity contribution in [2.24, 2.45) is 0 Å². The fraction of sp³-hybridized carbons (Fsp3) is 0.286. The monoisotopic (exact) mass is 438 g/mol. The van der Waals surface area contributed by atoms with E-state index in [1.807, 2.05) is 31.2 Å². The summed E-state index contributed by atoms with van der Waals surface area (Å²) in [5.41, 5.74) is 7.86. The lowest BCUT2D eigenvalue weighted by molar-refractivity contribution is -0.126. The summed E-state index contributed by atoms with van der Waals surface area (Å²) >= 11 is 0. The van der Waals surface area contributed by atoms with Gasteiger partial charge in [-0.3, -0.25) is 4.79 Å². The Bertz CT molecular complexity index is 1220. The molecular weight excluding hydrogens is 408 g/mol. The number of aryl methyl sites for hydroxylation is 3. The first-order chi connectivity index (χ1) is 15.9. The number of carbonyl (C=O) groups is 1. The Labute approximate surface area is 196 Å². The Morgan fingerprint density at radius 2 is 1.52 bits per heavy atom. The lowest BCUT2D eigenvalue weighted by atomic mass is 10.1. The number of hydrogen-bond acceptors (Lipinski definition) is 3. The molecule has 0 aliphatic carbocycles. The Morgan fingerprint density at radius 3 is 2.12 bits per heavy atom. The molecule has 1 aliphatic heterocycles. The van der Waals surface area contributed by atoms with Gasteiger partial charge in [0.1, 0.15) is 11.6 Å². The van der Waals surface area contributed by atoms with Crippen molar-refractivity contribution in [2.75, 3.05) is 31.1 Å². The van der Waals surface area contributed by atoms with Gasteiger partial charge in [-0.2, -0.15) is 5.26 Å². The number of anilines is 1. The van der Waals surface area contributed by atoms with Gasteiger partial charge in [-0.15, -0.1) is 0 Å². The summed E-state index contributed by atoms with van der Waals surface area (Å²) in [6, 6.07) is 20.9. The largest absolute Gasteiger partial charge is 0.368 e. The molecule has 5 nitrogen and oxygen atoms in total. The van der Waals surface area contributed by atoms with Crippen molar-refractivity contribution in [1.29, 1.82) is 5.26 Å². The van der Waals surface area contributed by atoms with Crippen LogP contribution >= 0.6 is 0 Å². The Balaban J connectivity index is 1.55. The van der Waals surface area contributed by atoms with Crippen LogP contribution in [0.1, 0.15) is 28.1 Å². The molecule has 1 saturated heterocycles. The molecule has 1 amide bonds. The molecular formula is C28H30N4O. The van der Waals surface area contributed by atoms with Crippen LogP contribution in [-0.2, 0) is 4.79 Å². The molecule has 0 N–H and O–H groups in total. The van der Waals surface area contributed by atoms with E-state index in [1.165, 1.54) is 16.8 Å². The molecule has 1 aromatic heterocycles. The second-order valence-corrected chi connectivity index (χ2v) is 8.79. The molecule has 33 heavy (non-hydrogen) atoms. The van der Waals surface area contributed by atoms with Gasteiger partial charge in [0.25, 0.3) is 5.91 Å². The first-order valence-corrected chi connectivity index (χ1v) is 11.4. The Morgan fingerprint density at radius 1 is 0.879 bits per heavy atom. The average molecular weight is 439 g/mol. The fourth-order valence-corrected chi connectivity index (χ4v) is 4.69. The maximum absolute atomic E-state index is 13.1. The van der Waals surface area contributed by atoms with Crippen molar-refractivity contribution in [3.05, 3.63) is 88.2 Å². The van der Waals surface area contributed by atoms with Gasteiger partial charge in [0, 0.05) is 48.9 Å². The number of hydrogen-bond donors (Lipinski definition) is 0. The summed E-state index contributed by atoms with van der Waals surface area (Å²) in [7, 11) is 0. The Kier molecular flexibility index (Phi) is 6.37. The zero-order valence-electron chi connectivity index (χ0n) is 19.8. The van der Waals surface area contributed by atoms with Crippen molar-refractivity contribution in [2.45, 2.75) is 27.7 Å². The van der Waals surface area contributed by atoms with Crippen LogP contribution in [0.15, 0.2) is 60.2 Å². The Hall–Kier alpha value is -3.78. The van der Waals surface area contributed by atoms with Gasteiger partial charge < -0.3 is 14.4 Å². The predicted molar refractivity (Wildman–Crippen MR) is 134 cm³/mol. The molecule has 3 aromatic rings. The van der Waals surface area contributed by atoms with Crippen molar-refractivity contribution in [3.63, 3.8) is 0 Å². The molecule has 0 unspecified atom stereocenters. The van der Waals surface area contributed by atoms with Crippen molar-refractivity contribution < 1.29 is 4.79 Å². The maximum Gasteiger partial charge on any atom is 0.264 e. The summed E-state index contributed by atoms with van der Waals surface area (Å²) in [4.78, 5) is 17.2. The summed E-state index contributed by atoms with van der Waals surface area (Å²) in [5, 5.41) is 9.79. The van der Waals surface area contributed by atoms with Gasteiger partial charge in [-0.25, -0.2) is 0 Å². The van der Waals surface area contributed by atoms with E-state index in [-0.39, 0.29) is 11.5 Å². The number of aromatic nitrogens is 1. The molecule has 2 aromatic carbocycles. The molecule has 0 atom stereocenters. The van der Waals surface area contributed by atoms with Crippen LogP contribution in [0.3, 0.4) is 0 Å². The third kappa shape index (κ3) is 4.70. The van der Waals surface area contributed by atoms with Gasteiger partial charge in [0.2, 0.25) is 0 Å². The van der Waals surface area contributed by atoms with Gasteiger partial charge in [-0.1, -0.05) is 24.3 Å². The molecule has 4 rings (SSSR count). The number of amides is 1. The highest BCUT2D eigenvalue weighted by atomic mass is 16.2. The number of nitriles is 1. The number of rotatable bonds is 4. The molecule has 0 bridgehead atoms. The third-order valence-corrected chi connectivity index (χ3v) is 6.27. The SMILES string of the molecule is Cc1cc(C)cc(-n2c(C)cc(/C=C(/C#N)C(=O)N3CCN(c4ccccc4)CC3)c2C)c1. The minimum Gasteiger partial charge on any atom is -0.368 e. The standard InChI is InChI=1S/C28H30N4O/c1-20-14-21(2)16-27(15-20)32-22(3)17-24(23(32)4)18-25(19-29)28(33)31-12-10-30(11-13-31)26-8-6-5-7-9-26/h5-9,14-18H,10-13H2,1-4H3/b25-18-. The maximum atomic E-state index is 13.1. The highest BCUT2D eigenvalue weighted by Crippen LogP contribution is 2.25. The molecule has 5 heteroatoms. The number of para-hydroxylation sites is 1. The van der Waals surface area contributed by atoms with Gasteiger partial charge in [0.05, 0.1) is 0 Å². The average Bonchev–Trinajstić information content (AvgIpc) is 3.09. The van der Waals surface area contributed by atoms with E-state index in [9.17, 15) is 10.1 Å². The highest BCUT2D eigenvalue weighted by Gasteiger charge is 2.24. The van der Waals surface area contributed by atoms with Gasteiger partial charge >= 0.3 is 0 Å². The fourth-order valence-electron chi connectivity index (χ4n) is 4.69. The molecule has 0 spiro atoms. The molecule has 2 heterocycles. The minimum absolute atomic E-state index is 0.184. The lowest BCUT2D eigenvalue weighted by Crippen LogP contribution is -2.49. The first kappa shape index (κ1) is 22.4. The van der Waals surface area contributed by atoms with Crippen LogP contribution in [0.25, 0.3) is 11.8 Å². The van der Waals surface area contributed by atoms with Crippen molar-refractivity contribution in [1.82, 2.24) is 9.47 Å². The highest BCUT2D eigenvalue weighted by molar-refractivity contribution is 6.02. The number of piperazine rings is 1. The lowest BCUT2D eigenvalue weighted by Gasteiger charge is -2.36. The smallest absolute Gasteiger partial charge is 0.264 e. The van der Waals surface area contributed by atoms with Crippen LogP contribution in [0.2, 0.25) is 0 Å². The van der Waals surface area contributed by atoms with Crippen LogP contribution < -0.4 is 4.90 Å². The van der Waals surface area contributed by atoms with E-state index in [0.717, 1.165) is 35.7 Å². The van der Waals surface area contributed by atoms with Crippen LogP contribution in [0.5, 0.6) is 0 Å². The topological polar surface area (TPSA) is 52.3 Å². The summed E-state index contributed by atoms with van der Waals surface area (Å²) in [5.74, 6) is -0.193. The normalized spacial score (nSPS) is 14.3. The van der Waals surface area contributed by atoms with Crippen LogP contribution in [0.4, 0.5) is 5.69 Å². The molecule has 0 radical (unpaired) electrons. The number of nitrogens with zero attached hydrogens (tertiary/aromatic N) is 4. The number of carbonyl (C=O) groups excluding carboxylic acids is 1. The molecule has 1 fully saturated rings. The van der Waals surface area contributed by atoms with Gasteiger partial charge in [0.15, 0.2) is 0 Å². The van der Waals surface area contributed by atoms with E-state index in [2.05, 4.69) is 66.6 Å². The van der Waals surface area contributed by atoms with E-state index in [1.54, 1.807) is 11.0 Å². The minimum atomic E-state index is -0.193. The quantitative estimate of drug-likeness (QED) is 0.427. The molecule has 0 saturated carbocycles. The number of benzene rings is 2. The van der Waals surface area contributed by atoms with Crippen LogP contribution in [0, 0.1) is 39.0 Å².